The molecule has 3 aromatic rings. The van der Waals surface area contributed by atoms with E-state index in [1.165, 1.54) is 0 Å². The number of halogens is 1. The SMILES string of the molecule is O=C(COc1ccc(Cl)cc1)NC(Cn1ccnc1)c1ccccc1. The van der Waals surface area contributed by atoms with Crippen molar-refractivity contribution in [2.24, 2.45) is 0 Å². The average molecular weight is 356 g/mol. The lowest BCUT2D eigenvalue weighted by Crippen LogP contribution is -2.34. The van der Waals surface area contributed by atoms with E-state index in [0.29, 0.717) is 17.3 Å². The zero-order valence-corrected chi connectivity index (χ0v) is 14.3. The largest absolute Gasteiger partial charge is 0.484 e. The molecule has 3 rings (SSSR count). The monoisotopic (exact) mass is 355 g/mol. The van der Waals surface area contributed by atoms with E-state index in [-0.39, 0.29) is 18.6 Å². The molecule has 0 saturated carbocycles. The van der Waals surface area contributed by atoms with Crippen molar-refractivity contribution < 1.29 is 9.53 Å². The van der Waals surface area contributed by atoms with Gasteiger partial charge in [0, 0.05) is 24.0 Å². The highest BCUT2D eigenvalue weighted by Gasteiger charge is 2.15. The van der Waals surface area contributed by atoms with Crippen molar-refractivity contribution in [2.75, 3.05) is 6.61 Å². The number of hydrogen-bond donors (Lipinski definition) is 1. The first kappa shape index (κ1) is 17.0. The second kappa shape index (κ2) is 8.35. The zero-order chi connectivity index (χ0) is 17.5. The Morgan fingerprint density at radius 1 is 1.16 bits per heavy atom. The molecule has 0 fully saturated rings. The topological polar surface area (TPSA) is 56.1 Å². The summed E-state index contributed by atoms with van der Waals surface area (Å²) >= 11 is 5.84. The first-order chi connectivity index (χ1) is 12.2. The van der Waals surface area contributed by atoms with Gasteiger partial charge in [-0.05, 0) is 29.8 Å². The Morgan fingerprint density at radius 3 is 2.60 bits per heavy atom. The maximum Gasteiger partial charge on any atom is 0.258 e. The number of rotatable bonds is 7. The predicted molar refractivity (Wildman–Crippen MR) is 96.5 cm³/mol. The number of benzene rings is 2. The lowest BCUT2D eigenvalue weighted by atomic mass is 10.1. The van der Waals surface area contributed by atoms with Crippen LogP contribution in [0.15, 0.2) is 73.3 Å². The molecule has 0 aliphatic heterocycles. The van der Waals surface area contributed by atoms with Gasteiger partial charge in [0.2, 0.25) is 0 Å². The molecular weight excluding hydrogens is 338 g/mol. The van der Waals surface area contributed by atoms with Crippen LogP contribution in [0.25, 0.3) is 0 Å². The number of aromatic nitrogens is 2. The summed E-state index contributed by atoms with van der Waals surface area (Å²) in [5.74, 6) is 0.411. The number of amides is 1. The van der Waals surface area contributed by atoms with Crippen molar-refractivity contribution in [3.8, 4) is 5.75 Å². The molecule has 1 N–H and O–H groups in total. The lowest BCUT2D eigenvalue weighted by molar-refractivity contribution is -0.124. The Morgan fingerprint density at radius 2 is 1.92 bits per heavy atom. The van der Waals surface area contributed by atoms with E-state index in [9.17, 15) is 4.79 Å². The van der Waals surface area contributed by atoms with Crippen molar-refractivity contribution in [3.63, 3.8) is 0 Å². The van der Waals surface area contributed by atoms with Gasteiger partial charge in [0.1, 0.15) is 5.75 Å². The van der Waals surface area contributed by atoms with Crippen LogP contribution >= 0.6 is 11.6 Å². The molecule has 128 valence electrons. The lowest BCUT2D eigenvalue weighted by Gasteiger charge is -2.20. The first-order valence-corrected chi connectivity index (χ1v) is 8.27. The van der Waals surface area contributed by atoms with E-state index in [1.807, 2.05) is 41.1 Å². The molecule has 0 radical (unpaired) electrons. The highest BCUT2D eigenvalue weighted by atomic mass is 35.5. The van der Waals surface area contributed by atoms with Gasteiger partial charge in [-0.25, -0.2) is 4.98 Å². The standard InChI is InChI=1S/C19H18ClN3O2/c20-16-6-8-17(9-7-16)25-13-19(24)22-18(12-23-11-10-21-14-23)15-4-2-1-3-5-15/h1-11,14,18H,12-13H2,(H,22,24). The van der Waals surface area contributed by atoms with E-state index in [2.05, 4.69) is 10.3 Å². The Bertz CT molecular complexity index is 789. The van der Waals surface area contributed by atoms with Gasteiger partial charge in [-0.1, -0.05) is 41.9 Å². The maximum atomic E-state index is 12.3. The van der Waals surface area contributed by atoms with E-state index < -0.39 is 0 Å². The van der Waals surface area contributed by atoms with Crippen molar-refractivity contribution in [3.05, 3.63) is 83.9 Å². The van der Waals surface area contributed by atoms with Gasteiger partial charge in [0.05, 0.1) is 12.4 Å². The smallest absolute Gasteiger partial charge is 0.258 e. The molecule has 5 nitrogen and oxygen atoms in total. The molecule has 6 heteroatoms. The summed E-state index contributed by atoms with van der Waals surface area (Å²) in [5.41, 5.74) is 1.02. The minimum atomic E-state index is -0.191. The molecule has 0 spiro atoms. The number of hydrogen-bond acceptors (Lipinski definition) is 3. The van der Waals surface area contributed by atoms with Gasteiger partial charge in [-0.2, -0.15) is 0 Å². The minimum absolute atomic E-state index is 0.0606. The molecule has 1 unspecified atom stereocenters. The Hall–Kier alpha value is -2.79. The first-order valence-electron chi connectivity index (χ1n) is 7.89. The van der Waals surface area contributed by atoms with E-state index in [0.717, 1.165) is 5.56 Å². The molecular formula is C19H18ClN3O2. The third-order valence-electron chi connectivity index (χ3n) is 3.67. The van der Waals surface area contributed by atoms with Crippen molar-refractivity contribution >= 4 is 17.5 Å². The number of carbonyl (C=O) groups is 1. The number of ether oxygens (including phenoxy) is 1. The van der Waals surface area contributed by atoms with Gasteiger partial charge in [-0.3, -0.25) is 4.79 Å². The summed E-state index contributed by atoms with van der Waals surface area (Å²) in [6, 6.07) is 16.6. The fourth-order valence-corrected chi connectivity index (χ4v) is 2.57. The molecule has 1 atom stereocenters. The van der Waals surface area contributed by atoms with Crippen LogP contribution in [0.2, 0.25) is 5.02 Å². The molecule has 0 saturated heterocycles. The second-order valence-corrected chi connectivity index (χ2v) is 5.97. The number of nitrogens with zero attached hydrogens (tertiary/aromatic N) is 2. The molecule has 1 heterocycles. The molecule has 2 aromatic carbocycles. The van der Waals surface area contributed by atoms with Gasteiger partial charge in [0.25, 0.3) is 5.91 Å². The van der Waals surface area contributed by atoms with E-state index in [1.54, 1.807) is 36.8 Å². The number of imidazole rings is 1. The van der Waals surface area contributed by atoms with Crippen molar-refractivity contribution in [1.82, 2.24) is 14.9 Å². The van der Waals surface area contributed by atoms with Crippen LogP contribution in [0.1, 0.15) is 11.6 Å². The quantitative estimate of drug-likeness (QED) is 0.706. The third kappa shape index (κ3) is 5.09. The predicted octanol–water partition coefficient (Wildman–Crippen LogP) is 3.47. The van der Waals surface area contributed by atoms with Crippen LogP contribution in [0.3, 0.4) is 0 Å². The average Bonchev–Trinajstić information content (AvgIpc) is 3.15. The van der Waals surface area contributed by atoms with Crippen LogP contribution in [0, 0.1) is 0 Å². The minimum Gasteiger partial charge on any atom is -0.484 e. The Balaban J connectivity index is 1.62. The van der Waals surface area contributed by atoms with Crippen LogP contribution in [0.5, 0.6) is 5.75 Å². The summed E-state index contributed by atoms with van der Waals surface area (Å²) in [4.78, 5) is 16.4. The van der Waals surface area contributed by atoms with Crippen LogP contribution in [-0.2, 0) is 11.3 Å². The molecule has 1 aromatic heterocycles. The normalized spacial score (nSPS) is 11.7. The van der Waals surface area contributed by atoms with Crippen molar-refractivity contribution in [1.29, 1.82) is 0 Å². The van der Waals surface area contributed by atoms with Crippen LogP contribution in [-0.4, -0.2) is 22.1 Å². The fraction of sp³-hybridized carbons (Fsp3) is 0.158. The number of nitrogens with one attached hydrogen (secondary N) is 1. The van der Waals surface area contributed by atoms with Gasteiger partial charge in [0.15, 0.2) is 6.61 Å². The molecule has 0 aliphatic rings. The molecule has 0 aliphatic carbocycles. The van der Waals surface area contributed by atoms with Crippen molar-refractivity contribution in [2.45, 2.75) is 12.6 Å². The summed E-state index contributed by atoms with van der Waals surface area (Å²) in [5, 5.41) is 3.64. The third-order valence-corrected chi connectivity index (χ3v) is 3.93. The molecule has 25 heavy (non-hydrogen) atoms. The number of carbonyl (C=O) groups excluding carboxylic acids is 1. The van der Waals surface area contributed by atoms with Gasteiger partial charge < -0.3 is 14.6 Å². The maximum absolute atomic E-state index is 12.3. The van der Waals surface area contributed by atoms with E-state index >= 15 is 0 Å². The van der Waals surface area contributed by atoms with E-state index in [4.69, 9.17) is 16.3 Å². The Kier molecular flexibility index (Phi) is 5.69. The summed E-state index contributed by atoms with van der Waals surface area (Å²) in [6.45, 7) is 0.533. The zero-order valence-electron chi connectivity index (χ0n) is 13.5. The van der Waals surface area contributed by atoms with Crippen LogP contribution in [0.4, 0.5) is 0 Å². The van der Waals surface area contributed by atoms with Gasteiger partial charge in [-0.15, -0.1) is 0 Å². The highest BCUT2D eigenvalue weighted by molar-refractivity contribution is 6.30. The van der Waals surface area contributed by atoms with Gasteiger partial charge >= 0.3 is 0 Å². The summed E-state index contributed by atoms with van der Waals surface area (Å²) in [7, 11) is 0. The molecule has 1 amide bonds. The summed E-state index contributed by atoms with van der Waals surface area (Å²) in [6.07, 6.45) is 5.31. The second-order valence-electron chi connectivity index (χ2n) is 5.53. The van der Waals surface area contributed by atoms with Crippen LogP contribution < -0.4 is 10.1 Å². The Labute approximate surface area is 151 Å². The summed E-state index contributed by atoms with van der Waals surface area (Å²) < 4.78 is 7.43. The fourth-order valence-electron chi connectivity index (χ4n) is 2.44. The highest BCUT2D eigenvalue weighted by Crippen LogP contribution is 2.17. The molecule has 0 bridgehead atoms.